The van der Waals surface area contributed by atoms with Crippen molar-refractivity contribution < 1.29 is 0 Å². The standard InChI is InChI=1S/C50H40N6/c1-53-47(28-30-49(53)55(45-18-10-32-51-35-45)43-24-20-39(21-25-43)37-12-5-3-6-13-37)41-16-9-17-42(34-41)48-29-31-50(54(48)2)56(46-19-11-33-52-36-46)44-26-22-40(23-27-44)38-14-7-4-8-15-38/h3-36H,1-2H3. The average molecular weight is 725 g/mol. The molecule has 0 spiro atoms. The third-order valence-electron chi connectivity index (χ3n) is 10.4. The fourth-order valence-corrected chi connectivity index (χ4v) is 7.53. The molecule has 0 aliphatic rings. The minimum atomic E-state index is 0.991. The van der Waals surface area contributed by atoms with Gasteiger partial charge in [0.25, 0.3) is 0 Å². The third-order valence-corrected chi connectivity index (χ3v) is 10.4. The summed E-state index contributed by atoms with van der Waals surface area (Å²) in [7, 11) is 4.27. The van der Waals surface area contributed by atoms with Gasteiger partial charge in [0.05, 0.1) is 23.8 Å². The smallest absolute Gasteiger partial charge is 0.117 e. The van der Waals surface area contributed by atoms with Gasteiger partial charge in [-0.15, -0.1) is 0 Å². The molecule has 0 N–H and O–H groups in total. The molecule has 9 aromatic rings. The lowest BCUT2D eigenvalue weighted by atomic mass is 10.1. The van der Waals surface area contributed by atoms with E-state index in [1.807, 2.05) is 49.1 Å². The van der Waals surface area contributed by atoms with Gasteiger partial charge in [-0.3, -0.25) is 19.8 Å². The second kappa shape index (κ2) is 15.1. The van der Waals surface area contributed by atoms with E-state index < -0.39 is 0 Å². The number of anilines is 6. The highest BCUT2D eigenvalue weighted by Gasteiger charge is 2.21. The SMILES string of the molecule is Cn1c(-c2cccc(-c3ccc(N(c4ccc(-c5ccccc5)cc4)c4cccnc4)n3C)c2)ccc1N(c1ccc(-c2ccccc2)cc1)c1cccnc1. The van der Waals surface area contributed by atoms with Crippen LogP contribution >= 0.6 is 0 Å². The number of pyridine rings is 2. The van der Waals surface area contributed by atoms with E-state index in [0.29, 0.717) is 0 Å². The van der Waals surface area contributed by atoms with Crippen LogP contribution < -0.4 is 9.80 Å². The minimum Gasteiger partial charge on any atom is -0.330 e. The highest BCUT2D eigenvalue weighted by Crippen LogP contribution is 2.40. The topological polar surface area (TPSA) is 42.1 Å². The fraction of sp³-hybridized carbons (Fsp3) is 0.0400. The molecule has 0 saturated heterocycles. The molecular weight excluding hydrogens is 685 g/mol. The fourth-order valence-electron chi connectivity index (χ4n) is 7.53. The van der Waals surface area contributed by atoms with Gasteiger partial charge in [0.15, 0.2) is 0 Å². The van der Waals surface area contributed by atoms with Gasteiger partial charge in [-0.25, -0.2) is 0 Å². The van der Waals surface area contributed by atoms with Gasteiger partial charge in [0.2, 0.25) is 0 Å². The van der Waals surface area contributed by atoms with Crippen LogP contribution in [-0.2, 0) is 14.1 Å². The summed E-state index contributed by atoms with van der Waals surface area (Å²) in [5, 5.41) is 0. The normalized spacial score (nSPS) is 11.0. The lowest BCUT2D eigenvalue weighted by Crippen LogP contribution is -2.14. The molecule has 0 bridgehead atoms. The summed E-state index contributed by atoms with van der Waals surface area (Å²) in [6, 6.07) is 64.2. The molecule has 0 saturated carbocycles. The van der Waals surface area contributed by atoms with Crippen molar-refractivity contribution >= 4 is 34.4 Å². The quantitative estimate of drug-likeness (QED) is 0.141. The molecule has 6 heteroatoms. The first-order valence-electron chi connectivity index (χ1n) is 18.8. The van der Waals surface area contributed by atoms with Gasteiger partial charge in [0, 0.05) is 49.3 Å². The lowest BCUT2D eigenvalue weighted by molar-refractivity contribution is 0.917. The molecule has 4 aromatic heterocycles. The maximum Gasteiger partial charge on any atom is 0.117 e. The van der Waals surface area contributed by atoms with Gasteiger partial charge in [0.1, 0.15) is 11.6 Å². The maximum absolute atomic E-state index is 4.48. The van der Waals surface area contributed by atoms with Crippen molar-refractivity contribution in [3.8, 4) is 44.8 Å². The number of hydrogen-bond donors (Lipinski definition) is 0. The predicted molar refractivity (Wildman–Crippen MR) is 231 cm³/mol. The Hall–Kier alpha value is -7.44. The zero-order valence-electron chi connectivity index (χ0n) is 31.3. The molecule has 270 valence electrons. The second-order valence-corrected chi connectivity index (χ2v) is 13.8. The lowest BCUT2D eigenvalue weighted by Gasteiger charge is -2.26. The van der Waals surface area contributed by atoms with Crippen LogP contribution in [0.3, 0.4) is 0 Å². The highest BCUT2D eigenvalue weighted by atomic mass is 15.3. The Balaban J connectivity index is 1.05. The number of aromatic nitrogens is 4. The minimum absolute atomic E-state index is 0.991. The summed E-state index contributed by atoms with van der Waals surface area (Å²) in [4.78, 5) is 13.5. The molecule has 0 aliphatic carbocycles. The molecule has 0 fully saturated rings. The van der Waals surface area contributed by atoms with Crippen LogP contribution in [0.15, 0.2) is 207 Å². The predicted octanol–water partition coefficient (Wildman–Crippen LogP) is 12.8. The van der Waals surface area contributed by atoms with Crippen molar-refractivity contribution in [2.24, 2.45) is 14.1 Å². The van der Waals surface area contributed by atoms with Gasteiger partial charge in [-0.1, -0.05) is 103 Å². The van der Waals surface area contributed by atoms with Crippen LogP contribution in [0.5, 0.6) is 0 Å². The van der Waals surface area contributed by atoms with E-state index in [-0.39, 0.29) is 0 Å². The molecule has 56 heavy (non-hydrogen) atoms. The maximum atomic E-state index is 4.48. The largest absolute Gasteiger partial charge is 0.330 e. The molecule has 4 heterocycles. The van der Waals surface area contributed by atoms with Gasteiger partial charge in [-0.05, 0) is 112 Å². The summed E-state index contributed by atoms with van der Waals surface area (Å²) in [5.41, 5.74) is 13.3. The van der Waals surface area contributed by atoms with Crippen LogP contribution in [0.1, 0.15) is 0 Å². The summed E-state index contributed by atoms with van der Waals surface area (Å²) < 4.78 is 4.52. The van der Waals surface area contributed by atoms with Crippen molar-refractivity contribution in [2.75, 3.05) is 9.80 Å². The Morgan fingerprint density at radius 2 is 0.732 bits per heavy atom. The molecule has 0 unspecified atom stereocenters. The van der Waals surface area contributed by atoms with E-state index in [0.717, 1.165) is 56.9 Å². The van der Waals surface area contributed by atoms with E-state index >= 15 is 0 Å². The Kier molecular flexibility index (Phi) is 9.27. The number of hydrogen-bond acceptors (Lipinski definition) is 4. The van der Waals surface area contributed by atoms with Gasteiger partial charge >= 0.3 is 0 Å². The number of benzene rings is 5. The Bertz CT molecular complexity index is 2500. The van der Waals surface area contributed by atoms with Crippen molar-refractivity contribution in [2.45, 2.75) is 0 Å². The number of nitrogens with zero attached hydrogens (tertiary/aromatic N) is 6. The van der Waals surface area contributed by atoms with Crippen LogP contribution in [0.4, 0.5) is 34.4 Å². The van der Waals surface area contributed by atoms with Crippen molar-refractivity contribution in [1.29, 1.82) is 0 Å². The molecule has 0 radical (unpaired) electrons. The van der Waals surface area contributed by atoms with E-state index in [1.165, 1.54) is 22.3 Å². The Morgan fingerprint density at radius 3 is 1.12 bits per heavy atom. The van der Waals surface area contributed by atoms with Gasteiger partial charge in [-0.2, -0.15) is 0 Å². The summed E-state index contributed by atoms with van der Waals surface area (Å²) in [6.45, 7) is 0. The zero-order valence-corrected chi connectivity index (χ0v) is 31.3. The van der Waals surface area contributed by atoms with Crippen LogP contribution in [0, 0.1) is 0 Å². The molecule has 0 atom stereocenters. The first kappa shape index (κ1) is 34.3. The summed E-state index contributed by atoms with van der Waals surface area (Å²) in [6.07, 6.45) is 7.46. The zero-order chi connectivity index (χ0) is 37.8. The highest BCUT2D eigenvalue weighted by molar-refractivity contribution is 5.82. The van der Waals surface area contributed by atoms with Crippen LogP contribution in [0.2, 0.25) is 0 Å². The Morgan fingerprint density at radius 1 is 0.339 bits per heavy atom. The molecule has 0 aliphatic heterocycles. The second-order valence-electron chi connectivity index (χ2n) is 13.8. The van der Waals surface area contributed by atoms with Crippen LogP contribution in [0.25, 0.3) is 44.8 Å². The van der Waals surface area contributed by atoms with Crippen molar-refractivity contribution in [3.63, 3.8) is 0 Å². The van der Waals surface area contributed by atoms with E-state index in [1.54, 1.807) is 0 Å². The molecule has 5 aromatic carbocycles. The van der Waals surface area contributed by atoms with Gasteiger partial charge < -0.3 is 9.13 Å². The van der Waals surface area contributed by atoms with Crippen molar-refractivity contribution in [3.05, 3.63) is 207 Å². The monoisotopic (exact) mass is 724 g/mol. The van der Waals surface area contributed by atoms with E-state index in [4.69, 9.17) is 0 Å². The molecule has 6 nitrogen and oxygen atoms in total. The summed E-state index contributed by atoms with van der Waals surface area (Å²) >= 11 is 0. The third kappa shape index (κ3) is 6.65. The summed E-state index contributed by atoms with van der Waals surface area (Å²) in [5.74, 6) is 2.08. The molecule has 9 rings (SSSR count). The average Bonchev–Trinajstić information content (AvgIpc) is 3.84. The Labute approximate surface area is 327 Å². The van der Waals surface area contributed by atoms with Crippen LogP contribution in [-0.4, -0.2) is 19.1 Å². The van der Waals surface area contributed by atoms with Crippen molar-refractivity contribution in [1.82, 2.24) is 19.1 Å². The molecule has 0 amide bonds. The first-order chi connectivity index (χ1) is 27.6. The molecular formula is C50H40N6. The van der Waals surface area contributed by atoms with E-state index in [9.17, 15) is 0 Å². The number of rotatable bonds is 10. The van der Waals surface area contributed by atoms with E-state index in [2.05, 4.69) is 201 Å². The first-order valence-corrected chi connectivity index (χ1v) is 18.8.